The summed E-state index contributed by atoms with van der Waals surface area (Å²) in [6, 6.07) is 41.4. The number of fused-ring (bicyclic) bond motifs is 2. The zero-order chi connectivity index (χ0) is 25.4. The summed E-state index contributed by atoms with van der Waals surface area (Å²) in [4.78, 5) is 0. The largest absolute Gasteiger partial charge is 0.508 e. The van der Waals surface area contributed by atoms with Gasteiger partial charge in [-0.1, -0.05) is 109 Å². The lowest BCUT2D eigenvalue weighted by Crippen LogP contribution is -2.35. The van der Waals surface area contributed by atoms with Crippen LogP contribution in [0.15, 0.2) is 121 Å². The minimum atomic E-state index is -0.835. The maximum Gasteiger partial charge on any atom is 0.120 e. The predicted molar refractivity (Wildman–Crippen MR) is 156 cm³/mol. The molecule has 0 saturated heterocycles. The van der Waals surface area contributed by atoms with Crippen LogP contribution in [0, 0.1) is 0 Å². The van der Waals surface area contributed by atoms with Gasteiger partial charge in [0.1, 0.15) is 11.5 Å². The third-order valence-corrected chi connectivity index (χ3v) is 8.56. The van der Waals surface area contributed by atoms with Gasteiger partial charge in [-0.3, -0.25) is 0 Å². The number of hydrogen-bond acceptors (Lipinski definition) is 2. The van der Waals surface area contributed by atoms with Crippen LogP contribution < -0.4 is 0 Å². The summed E-state index contributed by atoms with van der Waals surface area (Å²) >= 11 is 0. The van der Waals surface area contributed by atoms with E-state index in [1.807, 2.05) is 48.5 Å². The first-order chi connectivity index (χ1) is 18.7. The third-order valence-electron chi connectivity index (χ3n) is 8.56. The SMILES string of the molecule is Oc1ccc2ccccc2c1C1(c2c(O)ccc3ccccc23)Cc2cccc3ccc4cccc1c4c23. The molecule has 0 atom stereocenters. The van der Waals surface area contributed by atoms with Crippen molar-refractivity contribution in [2.45, 2.75) is 11.8 Å². The van der Waals surface area contributed by atoms with Crippen molar-refractivity contribution in [3.8, 4) is 11.5 Å². The average molecular weight is 489 g/mol. The second-order valence-corrected chi connectivity index (χ2v) is 10.4. The Hall–Kier alpha value is -4.82. The number of rotatable bonds is 2. The van der Waals surface area contributed by atoms with Gasteiger partial charge in [-0.2, -0.15) is 0 Å². The molecular weight excluding hydrogens is 464 g/mol. The van der Waals surface area contributed by atoms with Crippen molar-refractivity contribution in [1.82, 2.24) is 0 Å². The van der Waals surface area contributed by atoms with E-state index < -0.39 is 5.41 Å². The second-order valence-electron chi connectivity index (χ2n) is 10.4. The molecule has 8 rings (SSSR count). The Morgan fingerprint density at radius 3 is 1.58 bits per heavy atom. The Bertz CT molecular complexity index is 2000. The molecule has 0 fully saturated rings. The summed E-state index contributed by atoms with van der Waals surface area (Å²) in [5.74, 6) is 0.471. The molecule has 2 nitrogen and oxygen atoms in total. The quantitative estimate of drug-likeness (QED) is 0.239. The van der Waals surface area contributed by atoms with Gasteiger partial charge < -0.3 is 10.2 Å². The molecule has 180 valence electrons. The Kier molecular flexibility index (Phi) is 4.25. The molecule has 38 heavy (non-hydrogen) atoms. The molecule has 0 saturated carbocycles. The van der Waals surface area contributed by atoms with E-state index in [1.54, 1.807) is 0 Å². The molecule has 0 unspecified atom stereocenters. The molecule has 0 aromatic heterocycles. The van der Waals surface area contributed by atoms with E-state index in [-0.39, 0.29) is 11.5 Å². The highest BCUT2D eigenvalue weighted by molar-refractivity contribution is 6.14. The van der Waals surface area contributed by atoms with Crippen molar-refractivity contribution in [2.75, 3.05) is 0 Å². The van der Waals surface area contributed by atoms with E-state index in [1.165, 1.54) is 21.7 Å². The Labute approximate surface area is 220 Å². The molecule has 2 heteroatoms. The molecule has 0 heterocycles. The maximum atomic E-state index is 11.8. The lowest BCUT2D eigenvalue weighted by atomic mass is 9.60. The van der Waals surface area contributed by atoms with E-state index >= 15 is 0 Å². The van der Waals surface area contributed by atoms with E-state index in [0.29, 0.717) is 6.42 Å². The van der Waals surface area contributed by atoms with Crippen LogP contribution in [0.4, 0.5) is 0 Å². The van der Waals surface area contributed by atoms with Crippen LogP contribution in [0.25, 0.3) is 43.1 Å². The summed E-state index contributed by atoms with van der Waals surface area (Å²) in [6.45, 7) is 0. The van der Waals surface area contributed by atoms with Crippen LogP contribution in [0.3, 0.4) is 0 Å². The number of hydrogen-bond donors (Lipinski definition) is 2. The first-order valence-corrected chi connectivity index (χ1v) is 13.0. The predicted octanol–water partition coefficient (Wildman–Crippen LogP) is 8.60. The lowest BCUT2D eigenvalue weighted by Gasteiger charge is -2.42. The smallest absolute Gasteiger partial charge is 0.120 e. The van der Waals surface area contributed by atoms with Crippen LogP contribution >= 0.6 is 0 Å². The topological polar surface area (TPSA) is 40.5 Å². The molecule has 0 bridgehead atoms. The lowest BCUT2D eigenvalue weighted by molar-refractivity contribution is 0.437. The molecule has 0 radical (unpaired) electrons. The molecule has 7 aromatic rings. The van der Waals surface area contributed by atoms with Crippen LogP contribution in [0.5, 0.6) is 11.5 Å². The van der Waals surface area contributed by atoms with Crippen LogP contribution in [-0.2, 0) is 11.8 Å². The monoisotopic (exact) mass is 488 g/mol. The Balaban J connectivity index is 1.68. The fourth-order valence-electron chi connectivity index (χ4n) is 7.10. The van der Waals surface area contributed by atoms with Crippen molar-refractivity contribution in [3.63, 3.8) is 0 Å². The van der Waals surface area contributed by atoms with Gasteiger partial charge in [-0.05, 0) is 72.8 Å². The molecule has 0 spiro atoms. The maximum absolute atomic E-state index is 11.8. The van der Waals surface area contributed by atoms with Crippen molar-refractivity contribution in [1.29, 1.82) is 0 Å². The van der Waals surface area contributed by atoms with Gasteiger partial charge in [-0.25, -0.2) is 0 Å². The molecule has 1 aliphatic carbocycles. The standard InChI is InChI=1S/C36H24O2/c37-30-19-17-22-7-1-3-12-27(22)34(30)36(35-28-13-4-2-8-23(28)18-20-31(35)38)21-26-11-5-9-24-15-16-25-10-6-14-29(36)33(25)32(24)26/h1-20,37-38H,21H2. The van der Waals surface area contributed by atoms with E-state index in [2.05, 4.69) is 72.8 Å². The van der Waals surface area contributed by atoms with Gasteiger partial charge in [0.25, 0.3) is 0 Å². The molecule has 7 aromatic carbocycles. The van der Waals surface area contributed by atoms with Crippen LogP contribution in [-0.4, -0.2) is 10.2 Å². The fraction of sp³-hybridized carbons (Fsp3) is 0.0556. The molecule has 1 aliphatic rings. The van der Waals surface area contributed by atoms with E-state index in [0.717, 1.165) is 43.6 Å². The molecule has 0 amide bonds. The summed E-state index contributed by atoms with van der Waals surface area (Å²) in [5, 5.41) is 32.4. The highest BCUT2D eigenvalue weighted by Gasteiger charge is 2.46. The van der Waals surface area contributed by atoms with Gasteiger partial charge in [0.2, 0.25) is 0 Å². The molecule has 0 aliphatic heterocycles. The van der Waals surface area contributed by atoms with Gasteiger partial charge in [-0.15, -0.1) is 0 Å². The van der Waals surface area contributed by atoms with Crippen LogP contribution in [0.2, 0.25) is 0 Å². The highest BCUT2D eigenvalue weighted by atomic mass is 16.3. The first kappa shape index (κ1) is 21.3. The zero-order valence-corrected chi connectivity index (χ0v) is 20.6. The average Bonchev–Trinajstić information content (AvgIpc) is 2.96. The fourth-order valence-corrected chi connectivity index (χ4v) is 7.10. The van der Waals surface area contributed by atoms with Gasteiger partial charge in [0, 0.05) is 11.1 Å². The number of phenolic OH excluding ortho intramolecular Hbond substituents is 2. The zero-order valence-electron chi connectivity index (χ0n) is 20.6. The third kappa shape index (κ3) is 2.67. The Morgan fingerprint density at radius 1 is 0.447 bits per heavy atom. The normalized spacial score (nSPS) is 14.1. The van der Waals surface area contributed by atoms with Crippen molar-refractivity contribution < 1.29 is 10.2 Å². The summed E-state index contributed by atoms with van der Waals surface area (Å²) < 4.78 is 0. The summed E-state index contributed by atoms with van der Waals surface area (Å²) in [5.41, 5.74) is 3.16. The van der Waals surface area contributed by atoms with Crippen molar-refractivity contribution in [2.24, 2.45) is 0 Å². The highest BCUT2D eigenvalue weighted by Crippen LogP contribution is 2.57. The molecule has 2 N–H and O–H groups in total. The Morgan fingerprint density at radius 2 is 0.947 bits per heavy atom. The van der Waals surface area contributed by atoms with Crippen molar-refractivity contribution >= 4 is 43.1 Å². The number of benzene rings is 7. The van der Waals surface area contributed by atoms with Gasteiger partial charge in [0.15, 0.2) is 0 Å². The molecular formula is C36H24O2. The second kappa shape index (κ2) is 7.60. The van der Waals surface area contributed by atoms with E-state index in [9.17, 15) is 10.2 Å². The number of aromatic hydroxyl groups is 2. The van der Waals surface area contributed by atoms with Gasteiger partial charge in [0.05, 0.1) is 5.41 Å². The minimum absolute atomic E-state index is 0.236. The summed E-state index contributed by atoms with van der Waals surface area (Å²) in [7, 11) is 0. The van der Waals surface area contributed by atoms with Gasteiger partial charge >= 0.3 is 0 Å². The van der Waals surface area contributed by atoms with Crippen LogP contribution in [0.1, 0.15) is 22.3 Å². The van der Waals surface area contributed by atoms with Crippen molar-refractivity contribution in [3.05, 3.63) is 144 Å². The minimum Gasteiger partial charge on any atom is -0.508 e. The summed E-state index contributed by atoms with van der Waals surface area (Å²) in [6.07, 6.45) is 0.615. The van der Waals surface area contributed by atoms with E-state index in [4.69, 9.17) is 0 Å². The number of phenols is 2. The first-order valence-electron chi connectivity index (χ1n) is 13.0.